The number of aromatic amines is 2. The van der Waals surface area contributed by atoms with E-state index in [1.54, 1.807) is 0 Å². The Morgan fingerprint density at radius 1 is 0.357 bits per heavy atom. The molecule has 7 aromatic rings. The van der Waals surface area contributed by atoms with Crippen LogP contribution in [0.1, 0.15) is 0 Å². The van der Waals surface area contributed by atoms with Gasteiger partial charge in [0.15, 0.2) is 23.3 Å². The second-order valence-corrected chi connectivity index (χ2v) is 9.79. The van der Waals surface area contributed by atoms with Gasteiger partial charge in [0.25, 0.3) is 0 Å². The molecule has 10 heteroatoms. The zero-order valence-corrected chi connectivity index (χ0v) is 25.7. The third-order valence-corrected chi connectivity index (χ3v) is 7.46. The first-order valence-electron chi connectivity index (χ1n) is 13.3. The van der Waals surface area contributed by atoms with E-state index in [1.807, 2.05) is 97.1 Å². The number of halogens is 1. The van der Waals surface area contributed by atoms with E-state index in [4.69, 9.17) is 39.6 Å². The van der Waals surface area contributed by atoms with Crippen LogP contribution in [-0.2, 0) is 17.3 Å². The van der Waals surface area contributed by atoms with Crippen LogP contribution >= 0.6 is 9.69 Å². The predicted molar refractivity (Wildman–Crippen MR) is 162 cm³/mol. The van der Waals surface area contributed by atoms with Crippen LogP contribution in [-0.4, -0.2) is 39.9 Å². The van der Waals surface area contributed by atoms with Gasteiger partial charge in [-0.3, -0.25) is 0 Å². The predicted octanol–water partition coefficient (Wildman–Crippen LogP) is 7.56. The molecule has 195 valence electrons. The van der Waals surface area contributed by atoms with Crippen LogP contribution in [0.15, 0.2) is 97.1 Å². The first-order valence-corrected chi connectivity index (χ1v) is 17.2. The van der Waals surface area contributed by atoms with Crippen molar-refractivity contribution in [1.82, 2.24) is 39.9 Å². The van der Waals surface area contributed by atoms with Crippen LogP contribution in [0.5, 0.6) is 0 Å². The van der Waals surface area contributed by atoms with Gasteiger partial charge in [0.05, 0.1) is 0 Å². The van der Waals surface area contributed by atoms with Crippen molar-refractivity contribution in [2.45, 2.75) is 0 Å². The van der Waals surface area contributed by atoms with Crippen LogP contribution in [0.25, 0.3) is 89.7 Å². The number of fused-ring (bicyclic) bond motifs is 20. The molecule has 3 aromatic heterocycles. The summed E-state index contributed by atoms with van der Waals surface area (Å²) in [5.41, 5.74) is 6.45. The zero-order valence-electron chi connectivity index (χ0n) is 22.0. The second kappa shape index (κ2) is 9.91. The number of nitrogens with zero attached hydrogens (tertiary/aromatic N) is 6. The molecule has 5 heterocycles. The average molecular weight is 615 g/mol. The molecule has 0 aliphatic carbocycles. The molecule has 0 spiro atoms. The molecule has 2 aliphatic rings. The van der Waals surface area contributed by atoms with E-state index in [1.165, 1.54) is 0 Å². The van der Waals surface area contributed by atoms with Gasteiger partial charge in [-0.05, 0) is 0 Å². The molecule has 0 fully saturated rings. The topological polar surface area (TPSA) is 109 Å². The Balaban J connectivity index is 0.00000131. The Bertz CT molecular complexity index is 2040. The van der Waals surface area contributed by atoms with Gasteiger partial charge in [-0.2, -0.15) is 0 Å². The summed E-state index contributed by atoms with van der Waals surface area (Å²) in [4.78, 5) is 36.8. The van der Waals surface area contributed by atoms with E-state index in [2.05, 4.69) is 9.97 Å². The van der Waals surface area contributed by atoms with E-state index >= 15 is 0 Å². The Kier molecular flexibility index (Phi) is 5.88. The van der Waals surface area contributed by atoms with Crippen molar-refractivity contribution in [3.05, 3.63) is 97.1 Å². The van der Waals surface area contributed by atoms with Crippen molar-refractivity contribution in [1.29, 1.82) is 0 Å². The third kappa shape index (κ3) is 3.85. The third-order valence-electron chi connectivity index (χ3n) is 7.46. The van der Waals surface area contributed by atoms with Crippen LogP contribution in [0, 0.1) is 0 Å². The van der Waals surface area contributed by atoms with E-state index in [9.17, 15) is 0 Å². The summed E-state index contributed by atoms with van der Waals surface area (Å²) in [7, 11) is 4.76. The molecule has 0 unspecified atom stereocenters. The molecule has 2 N–H and O–H groups in total. The molecule has 0 saturated carbocycles. The number of benzene rings is 4. The SMILES string of the molecule is [Cl][Zn].c1ccc2c(c1)-c1nc-2nc2[nH]c(nc3nc(nc4[nH]c(n1)c1ccccc41)-c1ccccc1-3)c1ccccc21. The Morgan fingerprint density at radius 2 is 0.595 bits per heavy atom. The van der Waals surface area contributed by atoms with E-state index in [0.29, 0.717) is 45.9 Å². The molecule has 8 nitrogen and oxygen atoms in total. The van der Waals surface area contributed by atoms with Crippen LogP contribution < -0.4 is 0 Å². The maximum Gasteiger partial charge on any atom is 0.164 e. The van der Waals surface area contributed by atoms with E-state index < -0.39 is 0 Å². The van der Waals surface area contributed by atoms with Crippen molar-refractivity contribution in [3.8, 4) is 45.6 Å². The molecule has 9 rings (SSSR count). The zero-order chi connectivity index (χ0) is 28.2. The monoisotopic (exact) mass is 613 g/mol. The molecular formula is C32H18ClN8Zn. The molecule has 2 aliphatic heterocycles. The fourth-order valence-electron chi connectivity index (χ4n) is 5.59. The summed E-state index contributed by atoms with van der Waals surface area (Å²) >= 11 is 0.847. The maximum atomic E-state index is 5.02. The Morgan fingerprint density at radius 3 is 0.857 bits per heavy atom. The maximum absolute atomic E-state index is 5.02. The van der Waals surface area contributed by atoms with E-state index in [-0.39, 0.29) is 0 Å². The minimum atomic E-state index is 0.597. The van der Waals surface area contributed by atoms with Gasteiger partial charge in [-0.1, -0.05) is 97.1 Å². The standard InChI is InChI=1S/C32H18N8.ClH.Zn/c1-2-10-18-17(9-1)25-33-26(18)38-28-21-13-5-6-14-22(21)30(35-28)40-32-24-16-8-7-15-23(24)31(36-32)39-29-20-12-4-3-11-19(20)27(34-29)37-25;;/h1-16H,(H2,33,34,35,36,37,38,39,40);1H;/q;;+1/p-1. The summed E-state index contributed by atoms with van der Waals surface area (Å²) in [6.45, 7) is 0. The van der Waals surface area contributed by atoms with Crippen molar-refractivity contribution < 1.29 is 17.3 Å². The molecule has 0 radical (unpaired) electrons. The number of aromatic nitrogens is 8. The van der Waals surface area contributed by atoms with Crippen molar-refractivity contribution in [2.24, 2.45) is 0 Å². The van der Waals surface area contributed by atoms with Crippen LogP contribution in [0.4, 0.5) is 0 Å². The number of nitrogens with one attached hydrogen (secondary N) is 2. The van der Waals surface area contributed by atoms with Gasteiger partial charge in [0.1, 0.15) is 22.6 Å². The number of hydrogen-bond acceptors (Lipinski definition) is 6. The summed E-state index contributed by atoms with van der Waals surface area (Å²) < 4.78 is 0. The van der Waals surface area contributed by atoms with E-state index in [0.717, 1.165) is 61.1 Å². The fraction of sp³-hybridized carbons (Fsp3) is 0. The number of H-pyrrole nitrogens is 2. The van der Waals surface area contributed by atoms with Gasteiger partial charge in [-0.25, -0.2) is 29.9 Å². The Hall–Kier alpha value is -4.85. The van der Waals surface area contributed by atoms with Crippen molar-refractivity contribution in [2.75, 3.05) is 0 Å². The Labute approximate surface area is 252 Å². The first kappa shape index (κ1) is 24.9. The van der Waals surface area contributed by atoms with Gasteiger partial charge in [0, 0.05) is 43.8 Å². The summed E-state index contributed by atoms with van der Waals surface area (Å²) in [5.74, 6) is 2.39. The van der Waals surface area contributed by atoms with Gasteiger partial charge >= 0.3 is 27.0 Å². The van der Waals surface area contributed by atoms with Gasteiger partial charge in [-0.15, -0.1) is 0 Å². The van der Waals surface area contributed by atoms with Gasteiger partial charge < -0.3 is 9.97 Å². The quantitative estimate of drug-likeness (QED) is 0.171. The molecule has 0 amide bonds. The smallest absolute Gasteiger partial charge is 0.164 e. The fourth-order valence-corrected chi connectivity index (χ4v) is 5.59. The molecule has 0 atom stereocenters. The summed E-state index contributed by atoms with van der Waals surface area (Å²) in [6.07, 6.45) is 0. The first-order chi connectivity index (χ1) is 20.8. The molecule has 42 heavy (non-hydrogen) atoms. The minimum Gasteiger partial charge on any atom is -0.324 e. The summed E-state index contributed by atoms with van der Waals surface area (Å²) in [5, 5.41) is 3.82. The largest absolute Gasteiger partial charge is 0.324 e. The molecule has 8 bridgehead atoms. The normalized spacial score (nSPS) is 11.6. The second-order valence-electron chi connectivity index (χ2n) is 9.79. The average Bonchev–Trinajstić information content (AvgIpc) is 3.78. The number of hydrogen-bond donors (Lipinski definition) is 2. The van der Waals surface area contributed by atoms with Crippen molar-refractivity contribution >= 4 is 53.8 Å². The van der Waals surface area contributed by atoms with Crippen LogP contribution in [0.3, 0.4) is 0 Å². The van der Waals surface area contributed by atoms with Crippen molar-refractivity contribution in [3.63, 3.8) is 0 Å². The molecular weight excluding hydrogens is 597 g/mol. The van der Waals surface area contributed by atoms with Gasteiger partial charge in [0.2, 0.25) is 0 Å². The van der Waals surface area contributed by atoms with Crippen LogP contribution in [0.2, 0.25) is 0 Å². The number of rotatable bonds is 0. The molecule has 4 aromatic carbocycles. The minimum absolute atomic E-state index is 0.597. The summed E-state index contributed by atoms with van der Waals surface area (Å²) in [6, 6.07) is 32.2. The molecule has 0 saturated heterocycles.